The van der Waals surface area contributed by atoms with Crippen molar-refractivity contribution in [3.05, 3.63) is 23.8 Å². The Hall–Kier alpha value is -1.56. The predicted molar refractivity (Wildman–Crippen MR) is 105 cm³/mol. The number of halogens is 3. The molecule has 1 saturated carbocycles. The van der Waals surface area contributed by atoms with Gasteiger partial charge in [-0.1, -0.05) is 12.1 Å². The van der Waals surface area contributed by atoms with Crippen LogP contribution in [0.1, 0.15) is 31.2 Å². The van der Waals surface area contributed by atoms with E-state index in [-0.39, 0.29) is 19.1 Å². The molecule has 1 saturated heterocycles. The predicted octanol–water partition coefficient (Wildman–Crippen LogP) is 2.19. The summed E-state index contributed by atoms with van der Waals surface area (Å²) in [7, 11) is -1.75. The molecule has 0 aromatic heterocycles. The van der Waals surface area contributed by atoms with E-state index in [1.54, 1.807) is 16.1 Å². The highest BCUT2D eigenvalue weighted by molar-refractivity contribution is 7.93. The lowest BCUT2D eigenvalue weighted by Gasteiger charge is -2.34. The summed E-state index contributed by atoms with van der Waals surface area (Å²) in [4.78, 5) is 0. The highest BCUT2D eigenvalue weighted by Gasteiger charge is 2.45. The Morgan fingerprint density at radius 3 is 2.52 bits per heavy atom. The zero-order chi connectivity index (χ0) is 20.8. The normalized spacial score (nSPS) is 28.6. The van der Waals surface area contributed by atoms with Crippen molar-refractivity contribution in [3.8, 4) is 0 Å². The second-order valence-electron chi connectivity index (χ2n) is 8.04. The molecule has 29 heavy (non-hydrogen) atoms. The molecule has 1 unspecified atom stereocenters. The molecule has 2 fully saturated rings. The quantitative estimate of drug-likeness (QED) is 0.676. The summed E-state index contributed by atoms with van der Waals surface area (Å²) in [5.41, 5.74) is 8.39. The van der Waals surface area contributed by atoms with E-state index < -0.39 is 27.4 Å². The van der Waals surface area contributed by atoms with Crippen molar-refractivity contribution in [3.63, 3.8) is 0 Å². The molecule has 0 bridgehead atoms. The summed E-state index contributed by atoms with van der Waals surface area (Å²) >= 11 is 0. The molecule has 7 nitrogen and oxygen atoms in total. The molecular weight excluding hydrogens is 407 g/mol. The third-order valence-corrected chi connectivity index (χ3v) is 8.01. The molecular formula is C18H26F3N5O2S. The van der Waals surface area contributed by atoms with Crippen molar-refractivity contribution in [1.29, 1.82) is 0 Å². The molecule has 4 rings (SSSR count). The number of sulfonamides is 1. The van der Waals surface area contributed by atoms with Crippen LogP contribution in [0.15, 0.2) is 18.2 Å². The topological polar surface area (TPSA) is 76.7 Å². The van der Waals surface area contributed by atoms with Crippen molar-refractivity contribution < 1.29 is 21.6 Å². The molecule has 0 radical (unpaired) electrons. The Balaban J connectivity index is 1.37. The molecule has 11 heteroatoms. The standard InChI is InChI=1S/C18H26F3N5O2S/c1-25-17-12(9-22-25)3-2-4-16(17)24-29(27,28)15-7-5-14(6-8-15)26-11-13(10-23-26)18(19,20)21/h2-4,13-15,22-24H,5-11H2,1H3. The molecule has 2 heterocycles. The number of fused-ring (bicyclic) bond motifs is 1. The van der Waals surface area contributed by atoms with E-state index in [0.29, 0.717) is 37.9 Å². The molecule has 0 spiro atoms. The van der Waals surface area contributed by atoms with Gasteiger partial charge in [0.15, 0.2) is 0 Å². The Kier molecular flexibility index (Phi) is 5.43. The highest BCUT2D eigenvalue weighted by atomic mass is 32.2. The van der Waals surface area contributed by atoms with Crippen LogP contribution in [0.5, 0.6) is 0 Å². The second-order valence-corrected chi connectivity index (χ2v) is 10.00. The number of nitrogens with one attached hydrogen (secondary N) is 3. The summed E-state index contributed by atoms with van der Waals surface area (Å²) in [5, 5.41) is 2.91. The van der Waals surface area contributed by atoms with Gasteiger partial charge in [0, 0.05) is 32.7 Å². The van der Waals surface area contributed by atoms with Crippen LogP contribution in [0.25, 0.3) is 0 Å². The van der Waals surface area contributed by atoms with E-state index in [2.05, 4.69) is 15.6 Å². The van der Waals surface area contributed by atoms with Crippen molar-refractivity contribution in [2.75, 3.05) is 29.9 Å². The van der Waals surface area contributed by atoms with Crippen LogP contribution in [0.2, 0.25) is 0 Å². The number of nitrogens with zero attached hydrogens (tertiary/aromatic N) is 2. The van der Waals surface area contributed by atoms with Crippen molar-refractivity contribution in [1.82, 2.24) is 15.9 Å². The maximum absolute atomic E-state index is 12.9. The summed E-state index contributed by atoms with van der Waals surface area (Å²) in [5.74, 6) is -1.36. The van der Waals surface area contributed by atoms with E-state index in [1.807, 2.05) is 19.2 Å². The van der Waals surface area contributed by atoms with Crippen LogP contribution in [0.3, 0.4) is 0 Å². The maximum Gasteiger partial charge on any atom is 0.394 e. The van der Waals surface area contributed by atoms with E-state index in [0.717, 1.165) is 11.3 Å². The fourth-order valence-electron chi connectivity index (χ4n) is 4.49. The van der Waals surface area contributed by atoms with Gasteiger partial charge in [0.2, 0.25) is 10.0 Å². The first-order valence-electron chi connectivity index (χ1n) is 9.83. The van der Waals surface area contributed by atoms with Crippen LogP contribution in [0, 0.1) is 5.92 Å². The number of alkyl halides is 3. The summed E-state index contributed by atoms with van der Waals surface area (Å²) in [6, 6.07) is 5.46. The maximum atomic E-state index is 12.9. The molecule has 1 atom stereocenters. The number of benzene rings is 1. The fraction of sp³-hybridized carbons (Fsp3) is 0.667. The van der Waals surface area contributed by atoms with Gasteiger partial charge in [-0.15, -0.1) is 0 Å². The van der Waals surface area contributed by atoms with E-state index in [9.17, 15) is 21.6 Å². The van der Waals surface area contributed by atoms with Gasteiger partial charge < -0.3 is 5.01 Å². The molecule has 3 aliphatic rings. The lowest BCUT2D eigenvalue weighted by molar-refractivity contribution is -0.167. The van der Waals surface area contributed by atoms with E-state index in [1.165, 1.54) is 0 Å². The Labute approximate surface area is 168 Å². The first-order chi connectivity index (χ1) is 13.6. The first-order valence-corrected chi connectivity index (χ1v) is 11.4. The highest BCUT2D eigenvalue weighted by Crippen LogP contribution is 2.36. The summed E-state index contributed by atoms with van der Waals surface area (Å²) in [6.45, 7) is 0.470. The second kappa shape index (κ2) is 7.60. The minimum Gasteiger partial charge on any atom is -0.309 e. The Morgan fingerprint density at radius 2 is 1.86 bits per heavy atom. The zero-order valence-electron chi connectivity index (χ0n) is 16.2. The molecule has 1 aromatic rings. The fourth-order valence-corrected chi connectivity index (χ4v) is 6.02. The van der Waals surface area contributed by atoms with Crippen LogP contribution in [-0.2, 0) is 16.6 Å². The first kappa shape index (κ1) is 20.7. The minimum atomic E-state index is -4.20. The number of para-hydroxylation sites is 1. The van der Waals surface area contributed by atoms with Crippen LogP contribution in [0.4, 0.5) is 24.5 Å². The molecule has 3 N–H and O–H groups in total. The number of hydrazine groups is 2. The lowest BCUT2D eigenvalue weighted by atomic mass is 9.94. The van der Waals surface area contributed by atoms with E-state index >= 15 is 0 Å². The van der Waals surface area contributed by atoms with Crippen LogP contribution < -0.4 is 20.6 Å². The summed E-state index contributed by atoms with van der Waals surface area (Å²) in [6.07, 6.45) is -2.24. The third kappa shape index (κ3) is 4.18. The average molecular weight is 434 g/mol. The van der Waals surface area contributed by atoms with E-state index in [4.69, 9.17) is 0 Å². The largest absolute Gasteiger partial charge is 0.394 e. The smallest absolute Gasteiger partial charge is 0.309 e. The molecule has 1 aliphatic carbocycles. The van der Waals surface area contributed by atoms with Gasteiger partial charge in [-0.25, -0.2) is 18.9 Å². The number of hydrogen-bond acceptors (Lipinski definition) is 6. The van der Waals surface area contributed by atoms with Gasteiger partial charge in [0.25, 0.3) is 0 Å². The molecule has 1 aromatic carbocycles. The monoisotopic (exact) mass is 433 g/mol. The zero-order valence-corrected chi connectivity index (χ0v) is 17.0. The minimum absolute atomic E-state index is 0.0647. The molecule has 162 valence electrons. The van der Waals surface area contributed by atoms with Gasteiger partial charge in [-0.3, -0.25) is 10.1 Å². The van der Waals surface area contributed by atoms with Gasteiger partial charge in [0.05, 0.1) is 22.5 Å². The Morgan fingerprint density at radius 1 is 1.14 bits per heavy atom. The number of anilines is 2. The molecule has 0 amide bonds. The van der Waals surface area contributed by atoms with Gasteiger partial charge in [-0.2, -0.15) is 13.2 Å². The van der Waals surface area contributed by atoms with Crippen molar-refractivity contribution in [2.24, 2.45) is 5.92 Å². The lowest BCUT2D eigenvalue weighted by Crippen LogP contribution is -2.45. The van der Waals surface area contributed by atoms with Gasteiger partial charge in [-0.05, 0) is 37.3 Å². The average Bonchev–Trinajstić information content (AvgIpc) is 3.30. The third-order valence-electron chi connectivity index (χ3n) is 6.16. The van der Waals surface area contributed by atoms with Gasteiger partial charge >= 0.3 is 6.18 Å². The van der Waals surface area contributed by atoms with Gasteiger partial charge in [0.1, 0.15) is 0 Å². The van der Waals surface area contributed by atoms with Crippen LogP contribution in [-0.4, -0.2) is 51.0 Å². The number of rotatable bonds is 4. The van der Waals surface area contributed by atoms with Crippen molar-refractivity contribution in [2.45, 2.75) is 49.7 Å². The Bertz CT molecular complexity index is 856. The summed E-state index contributed by atoms with van der Waals surface area (Å²) < 4.78 is 67.3. The van der Waals surface area contributed by atoms with Crippen molar-refractivity contribution >= 4 is 21.4 Å². The SMILES string of the molecule is CN1NCc2cccc(NS(=O)(=O)C3CCC(N4CC(C(F)(F)F)CN4)CC3)c21. The van der Waals surface area contributed by atoms with Crippen LogP contribution >= 0.6 is 0 Å². The number of hydrogen-bond donors (Lipinski definition) is 3. The molecule has 2 aliphatic heterocycles.